The van der Waals surface area contributed by atoms with Crippen LogP contribution >= 0.6 is 0 Å². The molecule has 0 aliphatic carbocycles. The fourth-order valence-corrected chi connectivity index (χ4v) is 2.58. The molecule has 0 saturated heterocycles. The number of anilines is 1. The molecule has 1 aromatic carbocycles. The van der Waals surface area contributed by atoms with E-state index in [-0.39, 0.29) is 18.7 Å². The van der Waals surface area contributed by atoms with Crippen molar-refractivity contribution in [2.75, 3.05) is 25.5 Å². The van der Waals surface area contributed by atoms with E-state index in [9.17, 15) is 9.59 Å². The third-order valence-corrected chi connectivity index (χ3v) is 4.04. The molecule has 120 valence electrons. The fourth-order valence-electron chi connectivity index (χ4n) is 2.58. The number of hydrogen-bond acceptors (Lipinski definition) is 4. The molecule has 0 bridgehead atoms. The number of benzene rings is 1. The predicted molar refractivity (Wildman–Crippen MR) is 86.4 cm³/mol. The Balaban J connectivity index is 1.99. The maximum absolute atomic E-state index is 12.0. The van der Waals surface area contributed by atoms with Gasteiger partial charge in [0.2, 0.25) is 11.8 Å². The van der Waals surface area contributed by atoms with E-state index in [4.69, 9.17) is 11.5 Å². The van der Waals surface area contributed by atoms with Gasteiger partial charge < -0.3 is 21.7 Å². The summed E-state index contributed by atoms with van der Waals surface area (Å²) in [5.74, 6) is -0.732. The van der Waals surface area contributed by atoms with E-state index in [1.165, 1.54) is 11.1 Å². The van der Waals surface area contributed by atoms with Gasteiger partial charge in [0.25, 0.3) is 0 Å². The number of primary amides is 1. The molecule has 2 rings (SSSR count). The quantitative estimate of drug-likeness (QED) is 0.725. The number of fused-ring (bicyclic) bond motifs is 1. The van der Waals surface area contributed by atoms with Gasteiger partial charge in [-0.3, -0.25) is 9.59 Å². The van der Waals surface area contributed by atoms with Gasteiger partial charge in [0.15, 0.2) is 0 Å². The highest BCUT2D eigenvalue weighted by atomic mass is 16.2. The van der Waals surface area contributed by atoms with Crippen molar-refractivity contribution < 1.29 is 9.59 Å². The van der Waals surface area contributed by atoms with E-state index in [0.29, 0.717) is 0 Å². The molecule has 1 aromatic rings. The summed E-state index contributed by atoms with van der Waals surface area (Å²) in [7, 11) is 2.12. The summed E-state index contributed by atoms with van der Waals surface area (Å²) in [6, 6.07) is 5.27. The number of nitrogens with one attached hydrogen (secondary N) is 1. The first kappa shape index (κ1) is 16.5. The molecule has 22 heavy (non-hydrogen) atoms. The molecule has 6 nitrogen and oxygen atoms in total. The van der Waals surface area contributed by atoms with Gasteiger partial charge in [0.05, 0.1) is 6.04 Å². The van der Waals surface area contributed by atoms with Gasteiger partial charge in [-0.1, -0.05) is 6.07 Å². The topological polar surface area (TPSA) is 101 Å². The van der Waals surface area contributed by atoms with Crippen molar-refractivity contribution in [3.05, 3.63) is 29.3 Å². The smallest absolute Gasteiger partial charge is 0.241 e. The Morgan fingerprint density at radius 2 is 1.95 bits per heavy atom. The third-order valence-electron chi connectivity index (χ3n) is 4.04. The van der Waals surface area contributed by atoms with Crippen LogP contribution in [-0.4, -0.2) is 42.9 Å². The minimum absolute atomic E-state index is 0.116. The molecule has 1 heterocycles. The molecule has 0 radical (unpaired) electrons. The van der Waals surface area contributed by atoms with Crippen molar-refractivity contribution in [2.24, 2.45) is 11.5 Å². The lowest BCUT2D eigenvalue weighted by atomic mass is 10.0. The van der Waals surface area contributed by atoms with Crippen LogP contribution in [0.3, 0.4) is 0 Å². The van der Waals surface area contributed by atoms with Crippen LogP contribution in [-0.2, 0) is 22.4 Å². The molecule has 5 N–H and O–H groups in total. The van der Waals surface area contributed by atoms with E-state index in [0.717, 1.165) is 31.6 Å². The number of amides is 2. The number of carbonyl (C=O) groups is 2. The van der Waals surface area contributed by atoms with Crippen molar-refractivity contribution in [3.8, 4) is 0 Å². The molecule has 1 aliphatic rings. The molecule has 0 saturated carbocycles. The second kappa shape index (κ2) is 7.38. The van der Waals surface area contributed by atoms with Gasteiger partial charge in [-0.05, 0) is 49.6 Å². The standard InChI is InChI=1S/C16H24N4O2/c1-20-8-6-11-2-3-13(10-12(11)7-9-20)19-16(22)14(17)4-5-15(18)21/h2-3,10,14H,4-9,17H2,1H3,(H2,18,21)(H,19,22)/t14-/m1/s1. The molecule has 0 spiro atoms. The Kier molecular flexibility index (Phi) is 5.51. The van der Waals surface area contributed by atoms with Crippen LogP contribution in [0.4, 0.5) is 5.69 Å². The highest BCUT2D eigenvalue weighted by Crippen LogP contribution is 2.20. The fraction of sp³-hybridized carbons (Fsp3) is 0.500. The van der Waals surface area contributed by atoms with E-state index in [2.05, 4.69) is 23.3 Å². The summed E-state index contributed by atoms with van der Waals surface area (Å²) < 4.78 is 0. The summed E-state index contributed by atoms with van der Waals surface area (Å²) in [5.41, 5.74) is 14.2. The van der Waals surface area contributed by atoms with E-state index >= 15 is 0 Å². The van der Waals surface area contributed by atoms with Crippen molar-refractivity contribution in [1.82, 2.24) is 4.90 Å². The molecular weight excluding hydrogens is 280 g/mol. The molecule has 2 amide bonds. The Morgan fingerprint density at radius 3 is 2.64 bits per heavy atom. The number of nitrogens with zero attached hydrogens (tertiary/aromatic N) is 1. The monoisotopic (exact) mass is 304 g/mol. The third kappa shape index (κ3) is 4.54. The SMILES string of the molecule is CN1CCc2ccc(NC(=O)[C@H](N)CCC(N)=O)cc2CC1. The Morgan fingerprint density at radius 1 is 1.27 bits per heavy atom. The van der Waals surface area contributed by atoms with Gasteiger partial charge in [-0.2, -0.15) is 0 Å². The molecule has 1 aliphatic heterocycles. The first-order chi connectivity index (χ1) is 10.5. The van der Waals surface area contributed by atoms with Crippen molar-refractivity contribution in [2.45, 2.75) is 31.7 Å². The summed E-state index contributed by atoms with van der Waals surface area (Å²) in [5, 5.41) is 2.82. The van der Waals surface area contributed by atoms with Crippen LogP contribution in [0.15, 0.2) is 18.2 Å². The largest absolute Gasteiger partial charge is 0.370 e. The van der Waals surface area contributed by atoms with Crippen molar-refractivity contribution in [1.29, 1.82) is 0 Å². The van der Waals surface area contributed by atoms with E-state index in [1.54, 1.807) is 0 Å². The molecular formula is C16H24N4O2. The molecule has 1 atom stereocenters. The number of carbonyl (C=O) groups excluding carboxylic acids is 2. The maximum Gasteiger partial charge on any atom is 0.241 e. The Labute approximate surface area is 130 Å². The zero-order valence-corrected chi connectivity index (χ0v) is 13.0. The Hall–Kier alpha value is -1.92. The van der Waals surface area contributed by atoms with Crippen LogP contribution < -0.4 is 16.8 Å². The number of rotatable bonds is 5. The normalized spacial score (nSPS) is 16.5. The summed E-state index contributed by atoms with van der Waals surface area (Å²) in [4.78, 5) is 25.1. The van der Waals surface area contributed by atoms with E-state index in [1.807, 2.05) is 12.1 Å². The maximum atomic E-state index is 12.0. The number of nitrogens with two attached hydrogens (primary N) is 2. The lowest BCUT2D eigenvalue weighted by Gasteiger charge is -2.13. The minimum atomic E-state index is -0.725. The van der Waals surface area contributed by atoms with Gasteiger partial charge in [0.1, 0.15) is 0 Å². The van der Waals surface area contributed by atoms with Crippen LogP contribution in [0.25, 0.3) is 0 Å². The van der Waals surface area contributed by atoms with Gasteiger partial charge in [-0.15, -0.1) is 0 Å². The first-order valence-electron chi connectivity index (χ1n) is 7.61. The van der Waals surface area contributed by atoms with Gasteiger partial charge in [-0.25, -0.2) is 0 Å². The number of hydrogen-bond donors (Lipinski definition) is 3. The predicted octanol–water partition coefficient (Wildman–Crippen LogP) is 0.248. The average Bonchev–Trinajstić information content (AvgIpc) is 2.66. The molecule has 6 heteroatoms. The zero-order valence-electron chi connectivity index (χ0n) is 13.0. The number of likely N-dealkylation sites (N-methyl/N-ethyl adjacent to an activating group) is 1. The lowest BCUT2D eigenvalue weighted by molar-refractivity contribution is -0.119. The zero-order chi connectivity index (χ0) is 16.1. The minimum Gasteiger partial charge on any atom is -0.370 e. The van der Waals surface area contributed by atoms with Crippen molar-refractivity contribution in [3.63, 3.8) is 0 Å². The summed E-state index contributed by atoms with van der Waals surface area (Å²) in [6.45, 7) is 2.07. The molecule has 0 aromatic heterocycles. The van der Waals surface area contributed by atoms with Gasteiger partial charge >= 0.3 is 0 Å². The van der Waals surface area contributed by atoms with Crippen LogP contribution in [0, 0.1) is 0 Å². The van der Waals surface area contributed by atoms with Crippen molar-refractivity contribution >= 4 is 17.5 Å². The molecule has 0 unspecified atom stereocenters. The summed E-state index contributed by atoms with van der Waals surface area (Å²) in [6.07, 6.45) is 2.38. The average molecular weight is 304 g/mol. The lowest BCUT2D eigenvalue weighted by Crippen LogP contribution is -2.36. The van der Waals surface area contributed by atoms with Gasteiger partial charge in [0, 0.05) is 25.2 Å². The summed E-state index contributed by atoms with van der Waals surface area (Å²) >= 11 is 0. The van der Waals surface area contributed by atoms with Crippen LogP contribution in [0.1, 0.15) is 24.0 Å². The highest BCUT2D eigenvalue weighted by molar-refractivity contribution is 5.95. The second-order valence-electron chi connectivity index (χ2n) is 5.89. The molecule has 0 fully saturated rings. The highest BCUT2D eigenvalue weighted by Gasteiger charge is 2.16. The second-order valence-corrected chi connectivity index (χ2v) is 5.89. The van der Waals surface area contributed by atoms with E-state index < -0.39 is 11.9 Å². The van der Waals surface area contributed by atoms with Crippen LogP contribution in [0.2, 0.25) is 0 Å². The van der Waals surface area contributed by atoms with Crippen LogP contribution in [0.5, 0.6) is 0 Å². The Bertz CT molecular complexity index is 559. The first-order valence-corrected chi connectivity index (χ1v) is 7.61.